The Morgan fingerprint density at radius 1 is 1.12 bits per heavy atom. The number of carbonyl (C=O) groups excluding carboxylic acids is 2. The van der Waals surface area contributed by atoms with Crippen molar-refractivity contribution in [2.24, 2.45) is 5.73 Å². The van der Waals surface area contributed by atoms with Crippen LogP contribution in [0.25, 0.3) is 0 Å². The predicted octanol–water partition coefficient (Wildman–Crippen LogP) is 2.14. The fourth-order valence-corrected chi connectivity index (χ4v) is 2.63. The Hall–Kier alpha value is -2.73. The Bertz CT molecular complexity index is 807. The van der Waals surface area contributed by atoms with Crippen molar-refractivity contribution >= 4 is 23.4 Å². The number of hydrogen-bond donors (Lipinski definition) is 2. The highest BCUT2D eigenvalue weighted by Crippen LogP contribution is 2.38. The average molecular weight is 347 g/mol. The zero-order chi connectivity index (χ0) is 17.1. The largest absolute Gasteiger partial charge is 0.486 e. The van der Waals surface area contributed by atoms with Gasteiger partial charge in [-0.1, -0.05) is 23.7 Å². The van der Waals surface area contributed by atoms with Gasteiger partial charge in [-0.15, -0.1) is 0 Å². The molecular formula is C17H15ClN2O4. The number of halogens is 1. The monoisotopic (exact) mass is 346 g/mol. The molecule has 24 heavy (non-hydrogen) atoms. The van der Waals surface area contributed by atoms with E-state index < -0.39 is 5.91 Å². The minimum Gasteiger partial charge on any atom is -0.486 e. The molecule has 0 aliphatic carbocycles. The number of amides is 2. The summed E-state index contributed by atoms with van der Waals surface area (Å²) >= 11 is 6.13. The van der Waals surface area contributed by atoms with E-state index in [1.54, 1.807) is 30.3 Å². The van der Waals surface area contributed by atoms with E-state index in [1.165, 1.54) is 6.07 Å². The summed E-state index contributed by atoms with van der Waals surface area (Å²) in [5.74, 6) is 0.0865. The zero-order valence-electron chi connectivity index (χ0n) is 12.7. The quantitative estimate of drug-likeness (QED) is 0.887. The molecule has 0 fully saturated rings. The van der Waals surface area contributed by atoms with Crippen LogP contribution >= 0.6 is 11.6 Å². The fourth-order valence-electron chi connectivity index (χ4n) is 2.36. The third kappa shape index (κ3) is 3.44. The van der Waals surface area contributed by atoms with Crippen molar-refractivity contribution in [1.82, 2.24) is 5.32 Å². The van der Waals surface area contributed by atoms with E-state index in [-0.39, 0.29) is 12.5 Å². The van der Waals surface area contributed by atoms with Gasteiger partial charge in [-0.05, 0) is 29.8 Å². The molecule has 6 nitrogen and oxygen atoms in total. The zero-order valence-corrected chi connectivity index (χ0v) is 13.4. The van der Waals surface area contributed by atoms with E-state index in [0.29, 0.717) is 40.9 Å². The van der Waals surface area contributed by atoms with Crippen molar-refractivity contribution in [1.29, 1.82) is 0 Å². The van der Waals surface area contributed by atoms with Crippen molar-refractivity contribution in [2.75, 3.05) is 13.2 Å². The lowest BCUT2D eigenvalue weighted by molar-refractivity contribution is 0.0949. The topological polar surface area (TPSA) is 90.7 Å². The van der Waals surface area contributed by atoms with E-state index >= 15 is 0 Å². The highest BCUT2D eigenvalue weighted by molar-refractivity contribution is 6.32. The van der Waals surface area contributed by atoms with E-state index in [9.17, 15) is 9.59 Å². The van der Waals surface area contributed by atoms with Gasteiger partial charge >= 0.3 is 0 Å². The van der Waals surface area contributed by atoms with Gasteiger partial charge in [0.15, 0.2) is 11.5 Å². The number of rotatable bonds is 4. The van der Waals surface area contributed by atoms with Gasteiger partial charge in [0.05, 0.1) is 5.02 Å². The first-order valence-corrected chi connectivity index (χ1v) is 7.68. The molecule has 0 aromatic heterocycles. The normalized spacial score (nSPS) is 12.5. The molecule has 2 aromatic rings. The second kappa shape index (κ2) is 6.80. The molecule has 7 heteroatoms. The lowest BCUT2D eigenvalue weighted by Gasteiger charge is -2.20. The maximum absolute atomic E-state index is 12.3. The summed E-state index contributed by atoms with van der Waals surface area (Å²) in [4.78, 5) is 23.5. The van der Waals surface area contributed by atoms with Crippen LogP contribution in [0, 0.1) is 0 Å². The van der Waals surface area contributed by atoms with Crippen molar-refractivity contribution in [3.05, 3.63) is 58.1 Å². The Balaban J connectivity index is 1.72. The summed E-state index contributed by atoms with van der Waals surface area (Å²) in [6.45, 7) is 1.09. The van der Waals surface area contributed by atoms with Crippen LogP contribution in [0.4, 0.5) is 0 Å². The van der Waals surface area contributed by atoms with Crippen LogP contribution in [0.15, 0.2) is 36.4 Å². The smallest absolute Gasteiger partial charge is 0.251 e. The van der Waals surface area contributed by atoms with Crippen molar-refractivity contribution in [3.63, 3.8) is 0 Å². The fraction of sp³-hybridized carbons (Fsp3) is 0.176. The van der Waals surface area contributed by atoms with E-state index in [1.807, 2.05) is 0 Å². The molecule has 1 aliphatic rings. The minimum absolute atomic E-state index is 0.256. The number of benzene rings is 2. The molecule has 0 saturated heterocycles. The van der Waals surface area contributed by atoms with Crippen molar-refractivity contribution in [3.8, 4) is 11.5 Å². The Kier molecular flexibility index (Phi) is 4.57. The summed E-state index contributed by atoms with van der Waals surface area (Å²) < 4.78 is 10.9. The molecule has 1 aliphatic heterocycles. The standard InChI is InChI=1S/C17H15ClN2O4/c18-13-7-12(8-14-15(13)24-5-4-23-14)17(22)20-9-10-2-1-3-11(6-10)16(19)21/h1-3,6-8H,4-5,9H2,(H2,19,21)(H,20,22). The first-order chi connectivity index (χ1) is 11.5. The van der Waals surface area contributed by atoms with Gasteiger partial charge in [-0.25, -0.2) is 0 Å². The van der Waals surface area contributed by atoms with Crippen LogP contribution in [-0.2, 0) is 6.54 Å². The predicted molar refractivity (Wildman–Crippen MR) is 88.6 cm³/mol. The van der Waals surface area contributed by atoms with E-state index in [2.05, 4.69) is 5.32 Å². The third-order valence-corrected chi connectivity index (χ3v) is 3.80. The van der Waals surface area contributed by atoms with Gasteiger partial charge in [0.25, 0.3) is 5.91 Å². The highest BCUT2D eigenvalue weighted by atomic mass is 35.5. The summed E-state index contributed by atoms with van der Waals surface area (Å²) in [7, 11) is 0. The maximum Gasteiger partial charge on any atom is 0.251 e. The summed E-state index contributed by atoms with van der Waals surface area (Å²) in [5, 5.41) is 3.10. The number of hydrogen-bond acceptors (Lipinski definition) is 4. The molecule has 1 heterocycles. The van der Waals surface area contributed by atoms with E-state index in [0.717, 1.165) is 5.56 Å². The molecule has 0 atom stereocenters. The van der Waals surface area contributed by atoms with Crippen LogP contribution < -0.4 is 20.5 Å². The van der Waals surface area contributed by atoms with Gasteiger partial charge in [0, 0.05) is 17.7 Å². The van der Waals surface area contributed by atoms with Crippen LogP contribution in [-0.4, -0.2) is 25.0 Å². The molecular weight excluding hydrogens is 332 g/mol. The Morgan fingerprint density at radius 2 is 1.92 bits per heavy atom. The molecule has 0 bridgehead atoms. The van der Waals surface area contributed by atoms with Crippen molar-refractivity contribution < 1.29 is 19.1 Å². The second-order valence-electron chi connectivity index (χ2n) is 5.23. The highest BCUT2D eigenvalue weighted by Gasteiger charge is 2.19. The molecule has 2 amide bonds. The molecule has 3 rings (SSSR count). The number of nitrogens with one attached hydrogen (secondary N) is 1. The number of carbonyl (C=O) groups is 2. The van der Waals surface area contributed by atoms with Crippen LogP contribution in [0.3, 0.4) is 0 Å². The molecule has 0 unspecified atom stereocenters. The van der Waals surface area contributed by atoms with Crippen LogP contribution in [0.1, 0.15) is 26.3 Å². The summed E-state index contributed by atoms with van der Waals surface area (Å²) in [5.41, 5.74) is 6.77. The number of ether oxygens (including phenoxy) is 2. The van der Waals surface area contributed by atoms with Crippen LogP contribution in [0.5, 0.6) is 11.5 Å². The van der Waals surface area contributed by atoms with Gasteiger partial charge in [-0.2, -0.15) is 0 Å². The first kappa shape index (κ1) is 16.1. The molecule has 2 aromatic carbocycles. The van der Waals surface area contributed by atoms with E-state index in [4.69, 9.17) is 26.8 Å². The SMILES string of the molecule is NC(=O)c1cccc(CNC(=O)c2cc(Cl)c3c(c2)OCCO3)c1. The molecule has 124 valence electrons. The van der Waals surface area contributed by atoms with Gasteiger partial charge in [-0.3, -0.25) is 9.59 Å². The number of primary amides is 1. The Morgan fingerprint density at radius 3 is 2.71 bits per heavy atom. The second-order valence-corrected chi connectivity index (χ2v) is 5.64. The van der Waals surface area contributed by atoms with Crippen molar-refractivity contribution in [2.45, 2.75) is 6.54 Å². The summed E-state index contributed by atoms with van der Waals surface area (Å²) in [6, 6.07) is 9.89. The molecule has 0 saturated carbocycles. The maximum atomic E-state index is 12.3. The molecule has 3 N–H and O–H groups in total. The number of nitrogens with two attached hydrogens (primary N) is 1. The lowest BCUT2D eigenvalue weighted by Crippen LogP contribution is -2.24. The molecule has 0 radical (unpaired) electrons. The van der Waals surface area contributed by atoms with Gasteiger partial charge < -0.3 is 20.5 Å². The number of fused-ring (bicyclic) bond motifs is 1. The average Bonchev–Trinajstić information content (AvgIpc) is 2.60. The molecule has 0 spiro atoms. The summed E-state index contributed by atoms with van der Waals surface area (Å²) in [6.07, 6.45) is 0. The van der Waals surface area contributed by atoms with Gasteiger partial charge in [0.2, 0.25) is 5.91 Å². The Labute approximate surface area is 143 Å². The third-order valence-electron chi connectivity index (χ3n) is 3.52. The first-order valence-electron chi connectivity index (χ1n) is 7.30. The van der Waals surface area contributed by atoms with Crippen LogP contribution in [0.2, 0.25) is 5.02 Å². The minimum atomic E-state index is -0.512. The lowest BCUT2D eigenvalue weighted by atomic mass is 10.1. The van der Waals surface area contributed by atoms with Gasteiger partial charge in [0.1, 0.15) is 13.2 Å².